The van der Waals surface area contributed by atoms with Crippen molar-refractivity contribution >= 4 is 35.1 Å². The van der Waals surface area contributed by atoms with E-state index in [0.717, 1.165) is 0 Å². The number of hydrogen-bond donors (Lipinski definition) is 2. The molecule has 1 heterocycles. The Morgan fingerprint density at radius 1 is 1.10 bits per heavy atom. The molecule has 0 aliphatic rings. The first kappa shape index (κ1) is 21.5. The standard InChI is InChI=1S/C21H17Cl2N3O4/c1-26-20(28)14(9-10-24-26)13-7-5-12(6-8-13)11-17(21(29)30)25-19(27)18-15(22)3-2-4-16(18)23/h2-10,17H,11H2,1H3,(H,25,27)(H,29,30)/t17-/m0/s1. The molecule has 0 saturated heterocycles. The molecule has 0 bridgehead atoms. The number of hydrogen-bond acceptors (Lipinski definition) is 4. The molecular formula is C21H17Cl2N3O4. The van der Waals surface area contributed by atoms with Gasteiger partial charge in [-0.2, -0.15) is 5.10 Å². The van der Waals surface area contributed by atoms with Crippen LogP contribution in [0.1, 0.15) is 15.9 Å². The fraction of sp³-hybridized carbons (Fsp3) is 0.143. The number of aryl methyl sites for hydroxylation is 1. The van der Waals surface area contributed by atoms with E-state index in [2.05, 4.69) is 10.4 Å². The number of aliphatic carboxylic acids is 1. The Kier molecular flexibility index (Phi) is 6.54. The van der Waals surface area contributed by atoms with Crippen molar-refractivity contribution in [1.29, 1.82) is 0 Å². The summed E-state index contributed by atoms with van der Waals surface area (Å²) in [6, 6.07) is 11.9. The van der Waals surface area contributed by atoms with E-state index in [-0.39, 0.29) is 27.6 Å². The molecule has 7 nitrogen and oxygen atoms in total. The number of carboxylic acid groups (broad SMARTS) is 1. The Morgan fingerprint density at radius 3 is 2.33 bits per heavy atom. The van der Waals surface area contributed by atoms with Crippen molar-refractivity contribution in [3.8, 4) is 11.1 Å². The Bertz CT molecular complexity index is 1140. The number of aromatic nitrogens is 2. The van der Waals surface area contributed by atoms with Crippen LogP contribution >= 0.6 is 23.2 Å². The Hall–Kier alpha value is -3.16. The second kappa shape index (κ2) is 9.11. The van der Waals surface area contributed by atoms with Gasteiger partial charge in [0.15, 0.2) is 0 Å². The number of halogens is 2. The summed E-state index contributed by atoms with van der Waals surface area (Å²) in [7, 11) is 1.56. The lowest BCUT2D eigenvalue weighted by atomic mass is 10.0. The van der Waals surface area contributed by atoms with Crippen LogP contribution in [0.4, 0.5) is 0 Å². The van der Waals surface area contributed by atoms with Crippen molar-refractivity contribution in [1.82, 2.24) is 15.1 Å². The van der Waals surface area contributed by atoms with Gasteiger partial charge in [0.2, 0.25) is 0 Å². The molecule has 0 spiro atoms. The van der Waals surface area contributed by atoms with Crippen molar-refractivity contribution < 1.29 is 14.7 Å². The van der Waals surface area contributed by atoms with Gasteiger partial charge in [0.1, 0.15) is 6.04 Å². The van der Waals surface area contributed by atoms with Crippen molar-refractivity contribution in [2.24, 2.45) is 7.05 Å². The average molecular weight is 446 g/mol. The van der Waals surface area contributed by atoms with E-state index in [1.54, 1.807) is 43.4 Å². The third-order valence-electron chi connectivity index (χ3n) is 4.50. The van der Waals surface area contributed by atoms with Gasteiger partial charge >= 0.3 is 5.97 Å². The molecule has 2 N–H and O–H groups in total. The van der Waals surface area contributed by atoms with Crippen LogP contribution in [-0.4, -0.2) is 32.8 Å². The average Bonchev–Trinajstić information content (AvgIpc) is 2.70. The van der Waals surface area contributed by atoms with Crippen molar-refractivity contribution in [2.45, 2.75) is 12.5 Å². The minimum absolute atomic E-state index is 0.0240. The maximum absolute atomic E-state index is 12.5. The molecule has 0 radical (unpaired) electrons. The number of carbonyl (C=O) groups excluding carboxylic acids is 1. The molecule has 3 aromatic rings. The molecule has 154 valence electrons. The van der Waals surface area contributed by atoms with Gasteiger partial charge in [0, 0.05) is 19.7 Å². The Morgan fingerprint density at radius 2 is 1.73 bits per heavy atom. The Balaban J connectivity index is 1.79. The van der Waals surface area contributed by atoms with Gasteiger partial charge in [0.05, 0.1) is 21.2 Å². The number of carbonyl (C=O) groups is 2. The van der Waals surface area contributed by atoms with Crippen LogP contribution in [0.3, 0.4) is 0 Å². The van der Waals surface area contributed by atoms with E-state index >= 15 is 0 Å². The fourth-order valence-corrected chi connectivity index (χ4v) is 3.50. The molecular weight excluding hydrogens is 429 g/mol. The summed E-state index contributed by atoms with van der Waals surface area (Å²) in [6.45, 7) is 0. The maximum Gasteiger partial charge on any atom is 0.326 e. The highest BCUT2D eigenvalue weighted by Crippen LogP contribution is 2.24. The second-order valence-corrected chi connectivity index (χ2v) is 7.35. The third-order valence-corrected chi connectivity index (χ3v) is 5.13. The second-order valence-electron chi connectivity index (χ2n) is 6.54. The zero-order valence-corrected chi connectivity index (χ0v) is 17.3. The molecule has 0 saturated carbocycles. The van der Waals surface area contributed by atoms with Crippen molar-refractivity contribution in [3.05, 3.63) is 86.3 Å². The molecule has 1 atom stereocenters. The number of carboxylic acids is 1. The molecule has 0 aliphatic heterocycles. The predicted octanol–water partition coefficient (Wildman–Crippen LogP) is 3.18. The van der Waals surface area contributed by atoms with Gasteiger partial charge in [0.25, 0.3) is 11.5 Å². The van der Waals surface area contributed by atoms with Gasteiger partial charge in [-0.3, -0.25) is 9.59 Å². The van der Waals surface area contributed by atoms with Crippen LogP contribution < -0.4 is 10.9 Å². The lowest BCUT2D eigenvalue weighted by molar-refractivity contribution is -0.139. The summed E-state index contributed by atoms with van der Waals surface area (Å²) in [4.78, 5) is 36.4. The monoisotopic (exact) mass is 445 g/mol. The molecule has 0 fully saturated rings. The van der Waals surface area contributed by atoms with Crippen LogP contribution in [0.5, 0.6) is 0 Å². The summed E-state index contributed by atoms with van der Waals surface area (Å²) >= 11 is 12.0. The van der Waals surface area contributed by atoms with Gasteiger partial charge in [-0.15, -0.1) is 0 Å². The highest BCUT2D eigenvalue weighted by molar-refractivity contribution is 6.39. The SMILES string of the molecule is Cn1nccc(-c2ccc(C[C@H](NC(=O)c3c(Cl)cccc3Cl)C(=O)O)cc2)c1=O. The third kappa shape index (κ3) is 4.69. The van der Waals surface area contributed by atoms with Gasteiger partial charge in [-0.05, 0) is 29.3 Å². The highest BCUT2D eigenvalue weighted by Gasteiger charge is 2.23. The summed E-state index contributed by atoms with van der Waals surface area (Å²) in [5.41, 5.74) is 1.62. The van der Waals surface area contributed by atoms with Crippen LogP contribution in [0, 0.1) is 0 Å². The summed E-state index contributed by atoms with van der Waals surface area (Å²) in [5.74, 6) is -1.87. The van der Waals surface area contributed by atoms with Crippen LogP contribution in [0.2, 0.25) is 10.0 Å². The minimum Gasteiger partial charge on any atom is -0.480 e. The number of nitrogens with zero attached hydrogens (tertiary/aromatic N) is 2. The summed E-state index contributed by atoms with van der Waals surface area (Å²) in [6.07, 6.45) is 1.57. The van der Waals surface area contributed by atoms with Crippen LogP contribution in [0.15, 0.2) is 59.5 Å². The smallest absolute Gasteiger partial charge is 0.326 e. The number of amides is 1. The molecule has 9 heteroatoms. The summed E-state index contributed by atoms with van der Waals surface area (Å²) in [5, 5.41) is 16.1. The number of rotatable bonds is 6. The molecule has 2 aromatic carbocycles. The maximum atomic E-state index is 12.5. The minimum atomic E-state index is -1.20. The first-order chi connectivity index (χ1) is 14.3. The van der Waals surface area contributed by atoms with E-state index in [9.17, 15) is 19.5 Å². The lowest BCUT2D eigenvalue weighted by Crippen LogP contribution is -2.42. The molecule has 0 aliphatic carbocycles. The van der Waals surface area contributed by atoms with Gasteiger partial charge < -0.3 is 10.4 Å². The van der Waals surface area contributed by atoms with Crippen LogP contribution in [0.25, 0.3) is 11.1 Å². The van der Waals surface area contributed by atoms with Crippen molar-refractivity contribution in [3.63, 3.8) is 0 Å². The van der Waals surface area contributed by atoms with E-state index < -0.39 is 17.9 Å². The zero-order valence-electron chi connectivity index (χ0n) is 15.8. The molecule has 1 aromatic heterocycles. The van der Waals surface area contributed by atoms with E-state index in [1.165, 1.54) is 23.0 Å². The molecule has 3 rings (SSSR count). The largest absolute Gasteiger partial charge is 0.480 e. The lowest BCUT2D eigenvalue weighted by Gasteiger charge is -2.16. The van der Waals surface area contributed by atoms with Gasteiger partial charge in [-0.25, -0.2) is 9.48 Å². The first-order valence-electron chi connectivity index (χ1n) is 8.87. The van der Waals surface area contributed by atoms with Crippen LogP contribution in [-0.2, 0) is 18.3 Å². The van der Waals surface area contributed by atoms with Gasteiger partial charge in [-0.1, -0.05) is 53.5 Å². The number of nitrogens with one attached hydrogen (secondary N) is 1. The van der Waals surface area contributed by atoms with E-state index in [4.69, 9.17) is 23.2 Å². The zero-order chi connectivity index (χ0) is 21.8. The fourth-order valence-electron chi connectivity index (χ4n) is 2.93. The van der Waals surface area contributed by atoms with E-state index in [0.29, 0.717) is 16.7 Å². The molecule has 30 heavy (non-hydrogen) atoms. The van der Waals surface area contributed by atoms with Crippen molar-refractivity contribution in [2.75, 3.05) is 0 Å². The summed E-state index contributed by atoms with van der Waals surface area (Å²) < 4.78 is 1.24. The Labute approximate surface area is 181 Å². The quantitative estimate of drug-likeness (QED) is 0.606. The highest BCUT2D eigenvalue weighted by atomic mass is 35.5. The molecule has 1 amide bonds. The normalized spacial score (nSPS) is 11.7. The molecule has 0 unspecified atom stereocenters. The first-order valence-corrected chi connectivity index (χ1v) is 9.63. The topological polar surface area (TPSA) is 101 Å². The predicted molar refractivity (Wildman–Crippen MR) is 114 cm³/mol. The van der Waals surface area contributed by atoms with E-state index in [1.807, 2.05) is 0 Å². The number of benzene rings is 2.